The maximum Gasteiger partial charge on any atom is 0.263 e. The molecule has 0 aliphatic carbocycles. The fourth-order valence-corrected chi connectivity index (χ4v) is 2.10. The quantitative estimate of drug-likeness (QED) is 0.780. The van der Waals surface area contributed by atoms with Crippen LogP contribution in [0, 0.1) is 13.8 Å². The second-order valence-electron chi connectivity index (χ2n) is 4.52. The Morgan fingerprint density at radius 3 is 2.81 bits per heavy atom. The number of nitrogens with zero attached hydrogens (tertiary/aromatic N) is 4. The van der Waals surface area contributed by atoms with E-state index in [-0.39, 0.29) is 0 Å². The van der Waals surface area contributed by atoms with Crippen LogP contribution in [0.25, 0.3) is 11.5 Å². The lowest BCUT2D eigenvalue weighted by Gasteiger charge is -2.09. The van der Waals surface area contributed by atoms with Gasteiger partial charge in [-0.3, -0.25) is 0 Å². The molecule has 0 atom stereocenters. The lowest BCUT2D eigenvalue weighted by Crippen LogP contribution is -1.98. The van der Waals surface area contributed by atoms with Crippen molar-refractivity contribution in [1.82, 2.24) is 20.1 Å². The summed E-state index contributed by atoms with van der Waals surface area (Å²) in [6, 6.07) is 5.96. The average molecular weight is 346 g/mol. The molecule has 1 aromatic carbocycles. The van der Waals surface area contributed by atoms with E-state index in [2.05, 4.69) is 41.4 Å². The number of hydrogen-bond donors (Lipinski definition) is 1. The van der Waals surface area contributed by atoms with Gasteiger partial charge in [0.1, 0.15) is 17.7 Å². The highest BCUT2D eigenvalue weighted by molar-refractivity contribution is 9.10. The van der Waals surface area contributed by atoms with E-state index in [1.165, 1.54) is 6.33 Å². The van der Waals surface area contributed by atoms with Crippen LogP contribution in [0.1, 0.15) is 11.4 Å². The van der Waals surface area contributed by atoms with Gasteiger partial charge in [-0.1, -0.05) is 21.1 Å². The number of aryl methyl sites for hydroxylation is 2. The van der Waals surface area contributed by atoms with Gasteiger partial charge in [0.25, 0.3) is 5.89 Å². The molecule has 0 fully saturated rings. The lowest BCUT2D eigenvalue weighted by molar-refractivity contribution is 0.425. The molecule has 0 aliphatic heterocycles. The fraction of sp³-hybridized carbons (Fsp3) is 0.143. The maximum atomic E-state index is 5.18. The molecule has 6 nitrogen and oxygen atoms in total. The summed E-state index contributed by atoms with van der Waals surface area (Å²) in [5, 5.41) is 7.04. The van der Waals surface area contributed by atoms with E-state index in [1.54, 1.807) is 13.1 Å². The fourth-order valence-electron chi connectivity index (χ4n) is 1.85. The Kier molecular flexibility index (Phi) is 3.66. The van der Waals surface area contributed by atoms with E-state index in [0.717, 1.165) is 15.7 Å². The molecule has 0 aliphatic rings. The van der Waals surface area contributed by atoms with Gasteiger partial charge in [-0.25, -0.2) is 9.97 Å². The molecule has 106 valence electrons. The first-order valence-corrected chi connectivity index (χ1v) is 7.06. The van der Waals surface area contributed by atoms with E-state index in [4.69, 9.17) is 4.52 Å². The van der Waals surface area contributed by atoms with Crippen LogP contribution >= 0.6 is 15.9 Å². The molecule has 0 unspecified atom stereocenters. The van der Waals surface area contributed by atoms with Gasteiger partial charge in [-0.2, -0.15) is 4.98 Å². The zero-order valence-electron chi connectivity index (χ0n) is 11.5. The third kappa shape index (κ3) is 2.92. The van der Waals surface area contributed by atoms with Crippen LogP contribution < -0.4 is 5.32 Å². The predicted octanol–water partition coefficient (Wildman–Crippen LogP) is 3.65. The van der Waals surface area contributed by atoms with Gasteiger partial charge < -0.3 is 9.84 Å². The normalized spacial score (nSPS) is 10.6. The van der Waals surface area contributed by atoms with E-state index in [1.807, 2.05) is 25.1 Å². The minimum Gasteiger partial charge on any atom is -0.339 e. The van der Waals surface area contributed by atoms with Crippen molar-refractivity contribution in [3.05, 3.63) is 46.6 Å². The van der Waals surface area contributed by atoms with Crippen LogP contribution in [-0.2, 0) is 0 Å². The molecule has 2 heterocycles. The third-order valence-corrected chi connectivity index (χ3v) is 3.78. The van der Waals surface area contributed by atoms with Crippen molar-refractivity contribution in [1.29, 1.82) is 0 Å². The standard InChI is InChI=1S/C14H12BrN5O/c1-8-5-10(3-4-12(8)15)19-13-11(6-16-7-17-13)14-18-9(2)20-21-14/h3-7H,1-2H3,(H,16,17,19). The van der Waals surface area contributed by atoms with Crippen LogP contribution in [0.5, 0.6) is 0 Å². The molecule has 0 bridgehead atoms. The molecule has 3 aromatic rings. The highest BCUT2D eigenvalue weighted by Gasteiger charge is 2.13. The van der Waals surface area contributed by atoms with Crippen LogP contribution in [0.3, 0.4) is 0 Å². The van der Waals surface area contributed by atoms with Gasteiger partial charge in [0.15, 0.2) is 5.82 Å². The number of halogens is 1. The van der Waals surface area contributed by atoms with Crippen molar-refractivity contribution in [2.24, 2.45) is 0 Å². The van der Waals surface area contributed by atoms with E-state index in [9.17, 15) is 0 Å². The molecule has 0 saturated carbocycles. The summed E-state index contributed by atoms with van der Waals surface area (Å²) in [7, 11) is 0. The Balaban J connectivity index is 1.97. The largest absolute Gasteiger partial charge is 0.339 e. The summed E-state index contributed by atoms with van der Waals surface area (Å²) >= 11 is 3.48. The van der Waals surface area contributed by atoms with Crippen molar-refractivity contribution in [3.8, 4) is 11.5 Å². The Hall–Kier alpha value is -2.28. The summed E-state index contributed by atoms with van der Waals surface area (Å²) in [4.78, 5) is 12.5. The summed E-state index contributed by atoms with van der Waals surface area (Å²) in [5.74, 6) is 1.58. The second kappa shape index (κ2) is 5.61. The number of benzene rings is 1. The molecule has 0 radical (unpaired) electrons. The molecule has 1 N–H and O–H groups in total. The highest BCUT2D eigenvalue weighted by Crippen LogP contribution is 2.28. The van der Waals surface area contributed by atoms with Gasteiger partial charge >= 0.3 is 0 Å². The average Bonchev–Trinajstić information content (AvgIpc) is 2.90. The van der Waals surface area contributed by atoms with Gasteiger partial charge in [0.2, 0.25) is 0 Å². The van der Waals surface area contributed by atoms with Crippen LogP contribution in [0.15, 0.2) is 39.7 Å². The number of hydrogen-bond acceptors (Lipinski definition) is 6. The smallest absolute Gasteiger partial charge is 0.263 e. The number of aromatic nitrogens is 4. The Morgan fingerprint density at radius 1 is 1.24 bits per heavy atom. The topological polar surface area (TPSA) is 76.7 Å². The van der Waals surface area contributed by atoms with E-state index in [0.29, 0.717) is 23.1 Å². The zero-order chi connectivity index (χ0) is 14.8. The van der Waals surface area contributed by atoms with Gasteiger partial charge in [0, 0.05) is 16.4 Å². The third-order valence-electron chi connectivity index (χ3n) is 2.89. The predicted molar refractivity (Wildman–Crippen MR) is 82.2 cm³/mol. The molecular formula is C14H12BrN5O. The number of rotatable bonds is 3. The molecule has 0 spiro atoms. The Labute approximate surface area is 129 Å². The number of nitrogens with one attached hydrogen (secondary N) is 1. The van der Waals surface area contributed by atoms with Crippen molar-refractivity contribution >= 4 is 27.4 Å². The second-order valence-corrected chi connectivity index (χ2v) is 5.38. The van der Waals surface area contributed by atoms with Gasteiger partial charge in [0.05, 0.1) is 0 Å². The first kappa shape index (κ1) is 13.7. The molecule has 0 amide bonds. The van der Waals surface area contributed by atoms with Crippen molar-refractivity contribution in [2.75, 3.05) is 5.32 Å². The van der Waals surface area contributed by atoms with Gasteiger partial charge in [-0.05, 0) is 37.6 Å². The minimum atomic E-state index is 0.393. The van der Waals surface area contributed by atoms with Crippen LogP contribution in [-0.4, -0.2) is 20.1 Å². The van der Waals surface area contributed by atoms with Crippen molar-refractivity contribution in [3.63, 3.8) is 0 Å². The van der Waals surface area contributed by atoms with E-state index < -0.39 is 0 Å². The summed E-state index contributed by atoms with van der Waals surface area (Å²) in [6.07, 6.45) is 3.12. The Bertz CT molecular complexity index is 787. The summed E-state index contributed by atoms with van der Waals surface area (Å²) < 4.78 is 6.24. The van der Waals surface area contributed by atoms with Gasteiger partial charge in [-0.15, -0.1) is 0 Å². The van der Waals surface area contributed by atoms with E-state index >= 15 is 0 Å². The Morgan fingerprint density at radius 2 is 2.10 bits per heavy atom. The lowest BCUT2D eigenvalue weighted by atomic mass is 10.2. The first-order chi connectivity index (χ1) is 10.1. The minimum absolute atomic E-state index is 0.393. The number of anilines is 2. The summed E-state index contributed by atoms with van der Waals surface area (Å²) in [5.41, 5.74) is 2.72. The summed E-state index contributed by atoms with van der Waals surface area (Å²) in [6.45, 7) is 3.79. The molecule has 2 aromatic heterocycles. The molecule has 7 heteroatoms. The molecule has 0 saturated heterocycles. The van der Waals surface area contributed by atoms with Crippen LogP contribution in [0.2, 0.25) is 0 Å². The van der Waals surface area contributed by atoms with Crippen molar-refractivity contribution < 1.29 is 4.52 Å². The zero-order valence-corrected chi connectivity index (χ0v) is 13.0. The molecule has 3 rings (SSSR count). The highest BCUT2D eigenvalue weighted by atomic mass is 79.9. The first-order valence-electron chi connectivity index (χ1n) is 6.27. The monoisotopic (exact) mass is 345 g/mol. The molecular weight excluding hydrogens is 334 g/mol. The maximum absolute atomic E-state index is 5.18. The van der Waals surface area contributed by atoms with Crippen LogP contribution in [0.4, 0.5) is 11.5 Å². The molecule has 21 heavy (non-hydrogen) atoms. The van der Waals surface area contributed by atoms with Crippen molar-refractivity contribution in [2.45, 2.75) is 13.8 Å². The SMILES string of the molecule is Cc1noc(-c2cncnc2Nc2ccc(Br)c(C)c2)n1.